The Bertz CT molecular complexity index is 680. The smallest absolute Gasteiger partial charge is 0.259 e. The second-order valence-electron chi connectivity index (χ2n) is 5.72. The number of benzene rings is 1. The van der Waals surface area contributed by atoms with Gasteiger partial charge in [-0.05, 0) is 23.6 Å². The Morgan fingerprint density at radius 1 is 1.12 bits per heavy atom. The summed E-state index contributed by atoms with van der Waals surface area (Å²) in [5.74, 6) is -2.30. The van der Waals surface area contributed by atoms with Crippen LogP contribution in [0.4, 0.5) is 8.78 Å². The number of hydrogen-bond acceptors (Lipinski definition) is 4. The van der Waals surface area contributed by atoms with Crippen LogP contribution in [0.1, 0.15) is 21.3 Å². The minimum atomic E-state index is -0.837. The lowest BCUT2D eigenvalue weighted by Gasteiger charge is -2.35. The Morgan fingerprint density at radius 3 is 2.38 bits per heavy atom. The van der Waals surface area contributed by atoms with Crippen LogP contribution in [0.25, 0.3) is 0 Å². The van der Waals surface area contributed by atoms with E-state index in [-0.39, 0.29) is 0 Å². The van der Waals surface area contributed by atoms with Gasteiger partial charge in [-0.3, -0.25) is 9.69 Å². The summed E-state index contributed by atoms with van der Waals surface area (Å²) >= 11 is 1.50. The predicted octanol–water partition coefficient (Wildman–Crippen LogP) is 2.52. The molecule has 0 radical (unpaired) electrons. The Morgan fingerprint density at radius 2 is 1.79 bits per heavy atom. The fourth-order valence-electron chi connectivity index (χ4n) is 2.81. The molecule has 0 unspecified atom stereocenters. The Balaban J connectivity index is 1.58. The van der Waals surface area contributed by atoms with Gasteiger partial charge in [-0.25, -0.2) is 8.78 Å². The molecule has 1 saturated heterocycles. The van der Waals surface area contributed by atoms with Crippen LogP contribution in [0, 0.1) is 11.6 Å². The van der Waals surface area contributed by atoms with Crippen molar-refractivity contribution in [3.63, 3.8) is 0 Å². The van der Waals surface area contributed by atoms with Gasteiger partial charge in [-0.2, -0.15) is 0 Å². The van der Waals surface area contributed by atoms with Crippen molar-refractivity contribution in [2.75, 3.05) is 32.7 Å². The maximum Gasteiger partial charge on any atom is 0.259 e. The number of aliphatic hydroxyl groups excluding tert-OH is 1. The number of piperazine rings is 1. The van der Waals surface area contributed by atoms with Gasteiger partial charge in [-0.1, -0.05) is 12.1 Å². The van der Waals surface area contributed by atoms with Crippen molar-refractivity contribution < 1.29 is 18.7 Å². The molecule has 1 amide bonds. The molecule has 0 spiro atoms. The Kier molecular flexibility index (Phi) is 5.23. The summed E-state index contributed by atoms with van der Waals surface area (Å²) in [6.45, 7) is 2.36. The number of carbonyl (C=O) groups excluding carboxylic acids is 1. The van der Waals surface area contributed by atoms with E-state index in [9.17, 15) is 18.7 Å². The first-order valence-electron chi connectivity index (χ1n) is 7.73. The summed E-state index contributed by atoms with van der Waals surface area (Å²) in [6.07, 6.45) is -0.559. The molecule has 0 bridgehead atoms. The topological polar surface area (TPSA) is 43.8 Å². The molecule has 0 saturated carbocycles. The zero-order valence-corrected chi connectivity index (χ0v) is 13.8. The third kappa shape index (κ3) is 3.63. The van der Waals surface area contributed by atoms with E-state index >= 15 is 0 Å². The number of aliphatic hydroxyl groups is 1. The molecule has 1 aromatic carbocycles. The summed E-state index contributed by atoms with van der Waals surface area (Å²) in [4.78, 5) is 16.7. The molecular formula is C17H18F2N2O2S. The van der Waals surface area contributed by atoms with E-state index in [2.05, 4.69) is 0 Å². The highest BCUT2D eigenvalue weighted by Gasteiger charge is 2.27. The molecule has 2 aromatic rings. The number of thiophene rings is 1. The lowest BCUT2D eigenvalue weighted by atomic mass is 10.1. The Hall–Kier alpha value is -1.83. The van der Waals surface area contributed by atoms with E-state index in [1.807, 2.05) is 22.4 Å². The van der Waals surface area contributed by atoms with Crippen molar-refractivity contribution in [2.45, 2.75) is 6.10 Å². The van der Waals surface area contributed by atoms with Gasteiger partial charge < -0.3 is 10.0 Å². The molecule has 4 nitrogen and oxygen atoms in total. The van der Waals surface area contributed by atoms with E-state index in [1.54, 1.807) is 0 Å². The summed E-state index contributed by atoms with van der Waals surface area (Å²) < 4.78 is 27.5. The molecule has 1 atom stereocenters. The molecule has 7 heteroatoms. The fraction of sp³-hybridized carbons (Fsp3) is 0.353. The van der Waals surface area contributed by atoms with Crippen molar-refractivity contribution in [3.05, 3.63) is 57.8 Å². The van der Waals surface area contributed by atoms with Gasteiger partial charge in [-0.15, -0.1) is 11.3 Å². The van der Waals surface area contributed by atoms with Crippen LogP contribution in [0.5, 0.6) is 0 Å². The van der Waals surface area contributed by atoms with Crippen molar-refractivity contribution in [3.8, 4) is 0 Å². The number of β-amino-alcohol motifs (C(OH)–C–C–N with tert-alkyl or cyclic N) is 1. The molecule has 3 rings (SSSR count). The minimum absolute atomic E-state index is 0.379. The minimum Gasteiger partial charge on any atom is -0.386 e. The van der Waals surface area contributed by atoms with Crippen LogP contribution in [0.2, 0.25) is 0 Å². The first-order chi connectivity index (χ1) is 11.6. The monoisotopic (exact) mass is 352 g/mol. The van der Waals surface area contributed by atoms with Crippen molar-refractivity contribution in [1.29, 1.82) is 0 Å². The zero-order chi connectivity index (χ0) is 17.1. The normalized spacial score (nSPS) is 17.0. The third-order valence-electron chi connectivity index (χ3n) is 4.14. The van der Waals surface area contributed by atoms with Gasteiger partial charge >= 0.3 is 0 Å². The van der Waals surface area contributed by atoms with Crippen molar-refractivity contribution >= 4 is 17.2 Å². The standard InChI is InChI=1S/C17H18F2N2O2S/c18-12-3-1-4-13(19)16(12)17(23)21-8-6-20(7-9-21)11-14(22)15-5-2-10-24-15/h1-5,10,14,22H,6-9,11H2/t14-/m0/s1. The quantitative estimate of drug-likeness (QED) is 0.920. The van der Waals surface area contributed by atoms with Gasteiger partial charge in [0.1, 0.15) is 23.3 Å². The summed E-state index contributed by atoms with van der Waals surface area (Å²) in [5.41, 5.74) is -0.496. The van der Waals surface area contributed by atoms with Crippen LogP contribution in [-0.4, -0.2) is 53.5 Å². The second-order valence-corrected chi connectivity index (χ2v) is 6.70. The lowest BCUT2D eigenvalue weighted by molar-refractivity contribution is 0.0525. The highest BCUT2D eigenvalue weighted by Crippen LogP contribution is 2.21. The number of hydrogen-bond donors (Lipinski definition) is 1. The number of halogens is 2. The van der Waals surface area contributed by atoms with Crippen LogP contribution in [0.3, 0.4) is 0 Å². The third-order valence-corrected chi connectivity index (χ3v) is 5.11. The average Bonchev–Trinajstić information content (AvgIpc) is 3.10. The highest BCUT2D eigenvalue weighted by molar-refractivity contribution is 7.10. The molecule has 1 fully saturated rings. The van der Waals surface area contributed by atoms with Crippen LogP contribution in [-0.2, 0) is 0 Å². The highest BCUT2D eigenvalue weighted by atomic mass is 32.1. The van der Waals surface area contributed by atoms with Crippen molar-refractivity contribution in [1.82, 2.24) is 9.80 Å². The van der Waals surface area contributed by atoms with Gasteiger partial charge in [0.15, 0.2) is 0 Å². The van der Waals surface area contributed by atoms with Gasteiger partial charge in [0, 0.05) is 37.6 Å². The molecule has 2 heterocycles. The average molecular weight is 352 g/mol. The number of rotatable bonds is 4. The number of amides is 1. The summed E-state index contributed by atoms with van der Waals surface area (Å²) in [6, 6.07) is 7.19. The lowest BCUT2D eigenvalue weighted by Crippen LogP contribution is -2.49. The largest absolute Gasteiger partial charge is 0.386 e. The maximum atomic E-state index is 13.7. The molecule has 0 aliphatic carbocycles. The molecule has 1 aromatic heterocycles. The molecule has 1 N–H and O–H groups in total. The van der Waals surface area contributed by atoms with E-state index < -0.39 is 29.2 Å². The molecule has 1 aliphatic heterocycles. The number of nitrogens with zero attached hydrogens (tertiary/aromatic N) is 2. The van der Waals surface area contributed by atoms with Gasteiger partial charge in [0.2, 0.25) is 0 Å². The fourth-order valence-corrected chi connectivity index (χ4v) is 3.51. The van der Waals surface area contributed by atoms with E-state index in [0.717, 1.165) is 17.0 Å². The van der Waals surface area contributed by atoms with Crippen LogP contribution < -0.4 is 0 Å². The first-order valence-corrected chi connectivity index (χ1v) is 8.61. The predicted molar refractivity (Wildman–Crippen MR) is 88.0 cm³/mol. The molecule has 24 heavy (non-hydrogen) atoms. The number of carbonyl (C=O) groups is 1. The van der Waals surface area contributed by atoms with E-state index in [0.29, 0.717) is 32.7 Å². The zero-order valence-electron chi connectivity index (χ0n) is 13.0. The van der Waals surface area contributed by atoms with E-state index in [1.165, 1.54) is 22.3 Å². The van der Waals surface area contributed by atoms with Gasteiger partial charge in [0.25, 0.3) is 5.91 Å². The molecule has 1 aliphatic rings. The summed E-state index contributed by atoms with van der Waals surface area (Å²) in [7, 11) is 0. The van der Waals surface area contributed by atoms with Crippen LogP contribution in [0.15, 0.2) is 35.7 Å². The van der Waals surface area contributed by atoms with E-state index in [4.69, 9.17) is 0 Å². The Labute approximate surface area is 142 Å². The van der Waals surface area contributed by atoms with Gasteiger partial charge in [0.05, 0.1) is 0 Å². The molecular weight excluding hydrogens is 334 g/mol. The second kappa shape index (κ2) is 7.38. The van der Waals surface area contributed by atoms with Crippen LogP contribution >= 0.6 is 11.3 Å². The van der Waals surface area contributed by atoms with Crippen molar-refractivity contribution in [2.24, 2.45) is 0 Å². The summed E-state index contributed by atoms with van der Waals surface area (Å²) in [5, 5.41) is 12.1. The first kappa shape index (κ1) is 17.0. The maximum absolute atomic E-state index is 13.7. The molecule has 128 valence electrons. The SMILES string of the molecule is O=C(c1c(F)cccc1F)N1CCN(C[C@H](O)c2cccs2)CC1.